The summed E-state index contributed by atoms with van der Waals surface area (Å²) in [5, 5.41) is 6.52. The SMILES string of the molecule is CCOc1cc(/C=N/NC(=O)C(=O)Nc2cc(C)ccc2C)cc(Br)c1OCc1ccccc1C. The molecule has 2 amide bonds. The van der Waals surface area contributed by atoms with Crippen LogP contribution in [0.25, 0.3) is 0 Å². The molecule has 0 fully saturated rings. The monoisotopic (exact) mass is 537 g/mol. The number of nitrogens with zero attached hydrogens (tertiary/aromatic N) is 1. The zero-order valence-corrected chi connectivity index (χ0v) is 21.7. The van der Waals surface area contributed by atoms with Crippen LogP contribution in [0.3, 0.4) is 0 Å². The Bertz CT molecular complexity index is 1260. The first kappa shape index (κ1) is 26.0. The number of carbonyl (C=O) groups excluding carboxylic acids is 2. The minimum absolute atomic E-state index is 0.393. The summed E-state index contributed by atoms with van der Waals surface area (Å²) in [7, 11) is 0. The first-order chi connectivity index (χ1) is 16.8. The summed E-state index contributed by atoms with van der Waals surface area (Å²) in [5.74, 6) is -0.559. The summed E-state index contributed by atoms with van der Waals surface area (Å²) in [6.45, 7) is 8.52. The van der Waals surface area contributed by atoms with E-state index in [-0.39, 0.29) is 0 Å². The Morgan fingerprint density at radius 2 is 1.74 bits per heavy atom. The lowest BCUT2D eigenvalue weighted by atomic mass is 10.1. The summed E-state index contributed by atoms with van der Waals surface area (Å²) >= 11 is 3.54. The van der Waals surface area contributed by atoms with Crippen molar-refractivity contribution in [2.75, 3.05) is 11.9 Å². The maximum absolute atomic E-state index is 12.2. The predicted molar refractivity (Wildman–Crippen MR) is 141 cm³/mol. The summed E-state index contributed by atoms with van der Waals surface area (Å²) in [5.41, 5.74) is 7.55. The van der Waals surface area contributed by atoms with Gasteiger partial charge in [-0.05, 0) is 89.6 Å². The highest BCUT2D eigenvalue weighted by atomic mass is 79.9. The van der Waals surface area contributed by atoms with E-state index in [0.29, 0.717) is 40.4 Å². The molecule has 35 heavy (non-hydrogen) atoms. The zero-order chi connectivity index (χ0) is 25.4. The fourth-order valence-electron chi connectivity index (χ4n) is 3.25. The van der Waals surface area contributed by atoms with Gasteiger partial charge >= 0.3 is 11.8 Å². The van der Waals surface area contributed by atoms with Gasteiger partial charge in [-0.2, -0.15) is 5.10 Å². The normalized spacial score (nSPS) is 10.8. The van der Waals surface area contributed by atoms with E-state index in [2.05, 4.69) is 31.8 Å². The largest absolute Gasteiger partial charge is 0.490 e. The van der Waals surface area contributed by atoms with Crippen molar-refractivity contribution in [1.29, 1.82) is 0 Å². The molecule has 0 atom stereocenters. The summed E-state index contributed by atoms with van der Waals surface area (Å²) in [6.07, 6.45) is 1.43. The molecule has 0 bridgehead atoms. The number of aryl methyl sites for hydroxylation is 3. The number of amides is 2. The molecule has 0 saturated heterocycles. The molecule has 3 aromatic rings. The summed E-state index contributed by atoms with van der Waals surface area (Å²) < 4.78 is 12.5. The topological polar surface area (TPSA) is 89.0 Å². The van der Waals surface area contributed by atoms with Crippen LogP contribution in [-0.4, -0.2) is 24.6 Å². The summed E-state index contributed by atoms with van der Waals surface area (Å²) in [4.78, 5) is 24.4. The van der Waals surface area contributed by atoms with Gasteiger partial charge in [0.2, 0.25) is 0 Å². The van der Waals surface area contributed by atoms with Gasteiger partial charge in [0.15, 0.2) is 11.5 Å². The van der Waals surface area contributed by atoms with Crippen LogP contribution in [0.5, 0.6) is 11.5 Å². The predicted octanol–water partition coefficient (Wildman–Crippen LogP) is 5.44. The molecule has 0 spiro atoms. The third-order valence-electron chi connectivity index (χ3n) is 5.19. The number of anilines is 1. The molecule has 7 nitrogen and oxygen atoms in total. The van der Waals surface area contributed by atoms with Crippen LogP contribution in [0, 0.1) is 20.8 Å². The molecule has 0 radical (unpaired) electrons. The second-order valence-electron chi connectivity index (χ2n) is 7.95. The van der Waals surface area contributed by atoms with Crippen molar-refractivity contribution in [2.24, 2.45) is 5.10 Å². The lowest BCUT2D eigenvalue weighted by Gasteiger charge is -2.15. The molecular formula is C27H28BrN3O4. The molecule has 0 aliphatic heterocycles. The van der Waals surface area contributed by atoms with Gasteiger partial charge in [-0.25, -0.2) is 5.43 Å². The van der Waals surface area contributed by atoms with Gasteiger partial charge in [-0.1, -0.05) is 36.4 Å². The van der Waals surface area contributed by atoms with E-state index in [4.69, 9.17) is 9.47 Å². The van der Waals surface area contributed by atoms with Gasteiger partial charge in [-0.3, -0.25) is 9.59 Å². The minimum atomic E-state index is -0.871. The molecule has 2 N–H and O–H groups in total. The van der Waals surface area contributed by atoms with Crippen LogP contribution >= 0.6 is 15.9 Å². The molecular weight excluding hydrogens is 510 g/mol. The van der Waals surface area contributed by atoms with Crippen LogP contribution in [0.2, 0.25) is 0 Å². The first-order valence-electron chi connectivity index (χ1n) is 11.1. The standard InChI is InChI=1S/C27H28BrN3O4/c1-5-34-24-14-20(13-22(28)25(24)35-16-21-9-7-6-8-18(21)3)15-29-31-27(33)26(32)30-23-12-17(2)10-11-19(23)4/h6-15H,5,16H2,1-4H3,(H,30,32)(H,31,33)/b29-15+. The Kier molecular flexibility index (Phi) is 9.03. The minimum Gasteiger partial charge on any atom is -0.490 e. The lowest BCUT2D eigenvalue weighted by molar-refractivity contribution is -0.136. The molecule has 3 rings (SSSR count). The Balaban J connectivity index is 1.67. The van der Waals surface area contributed by atoms with E-state index in [9.17, 15) is 9.59 Å². The zero-order valence-electron chi connectivity index (χ0n) is 20.1. The van der Waals surface area contributed by atoms with E-state index >= 15 is 0 Å². The number of nitrogens with one attached hydrogen (secondary N) is 2. The number of benzene rings is 3. The lowest BCUT2D eigenvalue weighted by Crippen LogP contribution is -2.32. The number of rotatable bonds is 8. The number of carbonyl (C=O) groups is 2. The molecule has 3 aromatic carbocycles. The smallest absolute Gasteiger partial charge is 0.329 e. The number of hydrazone groups is 1. The number of halogens is 1. The van der Waals surface area contributed by atoms with Crippen molar-refractivity contribution in [3.05, 3.63) is 86.9 Å². The fourth-order valence-corrected chi connectivity index (χ4v) is 3.83. The average molecular weight is 538 g/mol. The Morgan fingerprint density at radius 1 is 0.971 bits per heavy atom. The van der Waals surface area contributed by atoms with Crippen LogP contribution < -0.4 is 20.2 Å². The van der Waals surface area contributed by atoms with Gasteiger partial charge in [-0.15, -0.1) is 0 Å². The summed E-state index contributed by atoms with van der Waals surface area (Å²) in [6, 6.07) is 17.2. The first-order valence-corrected chi connectivity index (χ1v) is 11.9. The molecule has 0 aliphatic carbocycles. The van der Waals surface area contributed by atoms with Crippen molar-refractivity contribution in [2.45, 2.75) is 34.3 Å². The van der Waals surface area contributed by atoms with Gasteiger partial charge in [0.25, 0.3) is 0 Å². The third-order valence-corrected chi connectivity index (χ3v) is 5.78. The van der Waals surface area contributed by atoms with Crippen LogP contribution in [-0.2, 0) is 16.2 Å². The number of hydrogen-bond acceptors (Lipinski definition) is 5. The maximum atomic E-state index is 12.2. The van der Waals surface area contributed by atoms with Crippen LogP contribution in [0.15, 0.2) is 64.2 Å². The Morgan fingerprint density at radius 3 is 2.49 bits per heavy atom. The van der Waals surface area contributed by atoms with Gasteiger partial charge in [0, 0.05) is 5.69 Å². The highest BCUT2D eigenvalue weighted by molar-refractivity contribution is 9.10. The average Bonchev–Trinajstić information content (AvgIpc) is 2.82. The fraction of sp³-hybridized carbons (Fsp3) is 0.222. The van der Waals surface area contributed by atoms with Crippen molar-refractivity contribution in [3.8, 4) is 11.5 Å². The van der Waals surface area contributed by atoms with Crippen LogP contribution in [0.1, 0.15) is 34.7 Å². The second kappa shape index (κ2) is 12.2. The third kappa shape index (κ3) is 7.16. The van der Waals surface area contributed by atoms with Gasteiger partial charge in [0.1, 0.15) is 6.61 Å². The Hall–Kier alpha value is -3.65. The van der Waals surface area contributed by atoms with E-state index in [1.54, 1.807) is 18.2 Å². The van der Waals surface area contributed by atoms with Crippen LogP contribution in [0.4, 0.5) is 5.69 Å². The quantitative estimate of drug-likeness (QED) is 0.227. The Labute approximate surface area is 213 Å². The van der Waals surface area contributed by atoms with Crippen molar-refractivity contribution in [1.82, 2.24) is 5.43 Å². The molecule has 0 heterocycles. The second-order valence-corrected chi connectivity index (χ2v) is 8.80. The van der Waals surface area contributed by atoms with E-state index in [0.717, 1.165) is 22.3 Å². The highest BCUT2D eigenvalue weighted by Gasteiger charge is 2.15. The van der Waals surface area contributed by atoms with E-state index in [1.165, 1.54) is 6.21 Å². The van der Waals surface area contributed by atoms with Gasteiger partial charge < -0.3 is 14.8 Å². The van der Waals surface area contributed by atoms with Gasteiger partial charge in [0.05, 0.1) is 17.3 Å². The molecule has 182 valence electrons. The molecule has 8 heteroatoms. The van der Waals surface area contributed by atoms with E-state index < -0.39 is 11.8 Å². The molecule has 0 aliphatic rings. The van der Waals surface area contributed by atoms with Crippen molar-refractivity contribution >= 4 is 39.6 Å². The molecule has 0 unspecified atom stereocenters. The maximum Gasteiger partial charge on any atom is 0.329 e. The van der Waals surface area contributed by atoms with Crippen molar-refractivity contribution in [3.63, 3.8) is 0 Å². The van der Waals surface area contributed by atoms with Crippen molar-refractivity contribution < 1.29 is 19.1 Å². The molecule has 0 saturated carbocycles. The number of hydrogen-bond donors (Lipinski definition) is 2. The molecule has 0 aromatic heterocycles. The highest BCUT2D eigenvalue weighted by Crippen LogP contribution is 2.37. The van der Waals surface area contributed by atoms with E-state index in [1.807, 2.05) is 64.1 Å². The number of ether oxygens (including phenoxy) is 2.